The Morgan fingerprint density at radius 3 is 2.56 bits per heavy atom. The van der Waals surface area contributed by atoms with E-state index in [2.05, 4.69) is 0 Å². The van der Waals surface area contributed by atoms with E-state index in [1.807, 2.05) is 12.1 Å². The third-order valence-corrected chi connectivity index (χ3v) is 8.29. The number of amides is 1. The Morgan fingerprint density at radius 2 is 1.72 bits per heavy atom. The number of para-hydroxylation sites is 1. The molecule has 0 fully saturated rings. The molecule has 0 unspecified atom stereocenters. The molecule has 3 aromatic carbocycles. The molecule has 0 atom stereocenters. The van der Waals surface area contributed by atoms with Crippen molar-refractivity contribution in [1.82, 2.24) is 0 Å². The zero-order valence-corrected chi connectivity index (χ0v) is 18.7. The number of hydrogen-bond acceptors (Lipinski definition) is 3. The topological polar surface area (TPSA) is 57.7 Å². The van der Waals surface area contributed by atoms with Gasteiger partial charge in [-0.15, -0.1) is 0 Å². The largest absolute Gasteiger partial charge is 0.308 e. The van der Waals surface area contributed by atoms with Gasteiger partial charge in [0.2, 0.25) is 0 Å². The van der Waals surface area contributed by atoms with Crippen LogP contribution in [0.3, 0.4) is 0 Å². The van der Waals surface area contributed by atoms with Gasteiger partial charge in [-0.25, -0.2) is 12.8 Å². The first-order valence-electron chi connectivity index (χ1n) is 10.4. The van der Waals surface area contributed by atoms with Crippen molar-refractivity contribution in [2.24, 2.45) is 0 Å². The van der Waals surface area contributed by atoms with Crippen LogP contribution < -0.4 is 9.21 Å². The summed E-state index contributed by atoms with van der Waals surface area (Å²) < 4.78 is 41.9. The Kier molecular flexibility index (Phi) is 5.18. The van der Waals surface area contributed by atoms with Crippen LogP contribution in [0.25, 0.3) is 0 Å². The van der Waals surface area contributed by atoms with E-state index >= 15 is 0 Å². The highest BCUT2D eigenvalue weighted by Gasteiger charge is 2.33. The fourth-order valence-electron chi connectivity index (χ4n) is 4.44. The Hall–Kier alpha value is -2.90. The third kappa shape index (κ3) is 3.45. The first kappa shape index (κ1) is 21.0. The lowest BCUT2D eigenvalue weighted by atomic mass is 10.0. The van der Waals surface area contributed by atoms with Gasteiger partial charge < -0.3 is 4.90 Å². The maximum atomic E-state index is 13.6. The molecule has 2 aliphatic rings. The number of rotatable bonds is 3. The highest BCUT2D eigenvalue weighted by molar-refractivity contribution is 7.93. The molecular formula is C24H20ClFN2O3S. The van der Waals surface area contributed by atoms with E-state index in [-0.39, 0.29) is 27.2 Å². The van der Waals surface area contributed by atoms with Crippen molar-refractivity contribution in [3.8, 4) is 0 Å². The number of carbonyl (C=O) groups is 1. The molecule has 32 heavy (non-hydrogen) atoms. The van der Waals surface area contributed by atoms with Crippen molar-refractivity contribution in [3.63, 3.8) is 0 Å². The zero-order chi connectivity index (χ0) is 22.5. The average Bonchev–Trinajstić information content (AvgIpc) is 3.23. The quantitative estimate of drug-likeness (QED) is 0.551. The number of halogens is 2. The summed E-state index contributed by atoms with van der Waals surface area (Å²) in [6.07, 6.45) is 2.00. The van der Waals surface area contributed by atoms with Crippen molar-refractivity contribution in [3.05, 3.63) is 88.2 Å². The number of benzene rings is 3. The van der Waals surface area contributed by atoms with E-state index < -0.39 is 10.0 Å². The van der Waals surface area contributed by atoms with Gasteiger partial charge in [-0.1, -0.05) is 29.8 Å². The normalized spacial score (nSPS) is 15.4. The number of fused-ring (bicyclic) bond motifs is 2. The molecule has 5 rings (SSSR count). The van der Waals surface area contributed by atoms with E-state index in [0.717, 1.165) is 11.1 Å². The van der Waals surface area contributed by atoms with Crippen molar-refractivity contribution in [1.29, 1.82) is 0 Å². The minimum Gasteiger partial charge on any atom is -0.308 e. The minimum absolute atomic E-state index is 0.0621. The summed E-state index contributed by atoms with van der Waals surface area (Å²) in [5.41, 5.74) is 3.22. The molecule has 0 radical (unpaired) electrons. The number of carbonyl (C=O) groups excluding carboxylic acids is 1. The number of anilines is 2. The number of nitrogens with zero attached hydrogens (tertiary/aromatic N) is 2. The molecule has 2 aliphatic heterocycles. The van der Waals surface area contributed by atoms with Crippen molar-refractivity contribution < 1.29 is 17.6 Å². The molecule has 0 aliphatic carbocycles. The second-order valence-electron chi connectivity index (χ2n) is 7.93. The summed E-state index contributed by atoms with van der Waals surface area (Å²) >= 11 is 6.30. The van der Waals surface area contributed by atoms with Crippen molar-refractivity contribution in [2.45, 2.75) is 24.2 Å². The van der Waals surface area contributed by atoms with Gasteiger partial charge in [-0.2, -0.15) is 0 Å². The maximum Gasteiger partial charge on any atom is 0.265 e. The second kappa shape index (κ2) is 7.90. The van der Waals surface area contributed by atoms with Gasteiger partial charge in [-0.3, -0.25) is 9.10 Å². The molecular weight excluding hydrogens is 451 g/mol. The average molecular weight is 471 g/mol. The molecule has 2 heterocycles. The van der Waals surface area contributed by atoms with Crippen LogP contribution in [-0.4, -0.2) is 27.4 Å². The summed E-state index contributed by atoms with van der Waals surface area (Å²) in [5, 5.41) is 0.0621. The van der Waals surface area contributed by atoms with Crippen LogP contribution in [0, 0.1) is 5.82 Å². The summed E-state index contributed by atoms with van der Waals surface area (Å²) in [7, 11) is -3.95. The van der Waals surface area contributed by atoms with Crippen LogP contribution in [0.2, 0.25) is 5.02 Å². The fraction of sp³-hybridized carbons (Fsp3) is 0.208. The molecule has 0 saturated heterocycles. The molecule has 3 aromatic rings. The maximum absolute atomic E-state index is 13.6. The van der Waals surface area contributed by atoms with Crippen molar-refractivity contribution in [2.75, 3.05) is 22.3 Å². The minimum atomic E-state index is -3.95. The van der Waals surface area contributed by atoms with Gasteiger partial charge in [0, 0.05) is 24.3 Å². The van der Waals surface area contributed by atoms with Gasteiger partial charge in [0.1, 0.15) is 10.7 Å². The molecule has 5 nitrogen and oxygen atoms in total. The van der Waals surface area contributed by atoms with E-state index in [0.29, 0.717) is 43.7 Å². The van der Waals surface area contributed by atoms with Gasteiger partial charge in [0.05, 0.1) is 10.7 Å². The predicted octanol–water partition coefficient (Wildman–Crippen LogP) is 4.82. The zero-order valence-electron chi connectivity index (χ0n) is 17.1. The smallest absolute Gasteiger partial charge is 0.265 e. The predicted molar refractivity (Wildman–Crippen MR) is 123 cm³/mol. The Morgan fingerprint density at radius 1 is 0.906 bits per heavy atom. The second-order valence-corrected chi connectivity index (χ2v) is 10.2. The Bertz CT molecular complexity index is 1340. The summed E-state index contributed by atoms with van der Waals surface area (Å²) in [6, 6.07) is 16.0. The first-order chi connectivity index (χ1) is 15.4. The van der Waals surface area contributed by atoms with Crippen LogP contribution in [0.4, 0.5) is 15.8 Å². The third-order valence-electron chi connectivity index (χ3n) is 6.00. The molecule has 164 valence electrons. The Balaban J connectivity index is 1.52. The molecule has 0 aromatic heterocycles. The van der Waals surface area contributed by atoms with E-state index in [4.69, 9.17) is 11.6 Å². The first-order valence-corrected chi connectivity index (χ1v) is 12.2. The van der Waals surface area contributed by atoms with Crippen LogP contribution in [-0.2, 0) is 22.9 Å². The van der Waals surface area contributed by atoms with Gasteiger partial charge in [0.15, 0.2) is 0 Å². The van der Waals surface area contributed by atoms with E-state index in [1.165, 1.54) is 34.6 Å². The molecule has 1 amide bonds. The molecule has 0 spiro atoms. The standard InChI is InChI=1S/C24H20ClFN2O3S/c25-20-9-7-18(24(29)27-12-3-5-17-14-19(26)8-10-21(17)27)15-23(20)32(30,31)28-13-11-16-4-1-2-6-22(16)28/h1-2,4,6-10,14-15H,3,5,11-13H2. The molecule has 0 bridgehead atoms. The lowest BCUT2D eigenvalue weighted by Gasteiger charge is -2.30. The van der Waals surface area contributed by atoms with Crippen LogP contribution in [0.5, 0.6) is 0 Å². The summed E-state index contributed by atoms with van der Waals surface area (Å²) in [5.74, 6) is -0.684. The molecule has 0 N–H and O–H groups in total. The van der Waals surface area contributed by atoms with E-state index in [9.17, 15) is 17.6 Å². The number of aryl methyl sites for hydroxylation is 1. The SMILES string of the molecule is O=C(c1ccc(Cl)c(S(=O)(=O)N2CCc3ccccc32)c1)N1CCCc2cc(F)ccc21. The molecule has 8 heteroatoms. The van der Waals surface area contributed by atoms with Crippen LogP contribution >= 0.6 is 11.6 Å². The number of sulfonamides is 1. The van der Waals surface area contributed by atoms with Crippen LogP contribution in [0.15, 0.2) is 65.6 Å². The highest BCUT2D eigenvalue weighted by Crippen LogP contribution is 2.36. The van der Waals surface area contributed by atoms with Crippen LogP contribution in [0.1, 0.15) is 27.9 Å². The van der Waals surface area contributed by atoms with E-state index in [1.54, 1.807) is 23.1 Å². The number of hydrogen-bond donors (Lipinski definition) is 0. The van der Waals surface area contributed by atoms with Gasteiger partial charge >= 0.3 is 0 Å². The van der Waals surface area contributed by atoms with Gasteiger partial charge in [-0.05, 0) is 72.9 Å². The van der Waals surface area contributed by atoms with Crippen molar-refractivity contribution >= 4 is 38.9 Å². The Labute approximate surface area is 191 Å². The fourth-order valence-corrected chi connectivity index (χ4v) is 6.45. The monoisotopic (exact) mass is 470 g/mol. The lowest BCUT2D eigenvalue weighted by molar-refractivity contribution is 0.0985. The summed E-state index contributed by atoms with van der Waals surface area (Å²) in [4.78, 5) is 14.8. The summed E-state index contributed by atoms with van der Waals surface area (Å²) in [6.45, 7) is 0.795. The van der Waals surface area contributed by atoms with Gasteiger partial charge in [0.25, 0.3) is 15.9 Å². The lowest BCUT2D eigenvalue weighted by Crippen LogP contribution is -2.36. The highest BCUT2D eigenvalue weighted by atomic mass is 35.5. The molecule has 0 saturated carbocycles.